The van der Waals surface area contributed by atoms with Crippen molar-refractivity contribution in [3.8, 4) is 0 Å². The van der Waals surface area contributed by atoms with E-state index < -0.39 is 6.04 Å². The summed E-state index contributed by atoms with van der Waals surface area (Å²) in [6.07, 6.45) is 2.09. The zero-order valence-corrected chi connectivity index (χ0v) is 11.6. The molecule has 0 aromatic heterocycles. The van der Waals surface area contributed by atoms with E-state index in [0.29, 0.717) is 38.9 Å². The van der Waals surface area contributed by atoms with Crippen LogP contribution < -0.4 is 10.6 Å². The Kier molecular flexibility index (Phi) is 4.07. The number of rotatable bonds is 2. The maximum absolute atomic E-state index is 12.6. The molecule has 1 atom stereocenters. The Hall–Kier alpha value is -1.34. The molecule has 112 valence electrons. The Bertz CT molecular complexity index is 380. The van der Waals surface area contributed by atoms with Gasteiger partial charge in [0.15, 0.2) is 0 Å². The van der Waals surface area contributed by atoms with Gasteiger partial charge in [0.1, 0.15) is 6.04 Å². The van der Waals surface area contributed by atoms with Crippen molar-refractivity contribution in [2.75, 3.05) is 45.9 Å². The van der Waals surface area contributed by atoms with Crippen LogP contribution in [0.3, 0.4) is 0 Å². The first kappa shape index (κ1) is 13.6. The molecule has 1 aliphatic carbocycles. The molecule has 1 unspecified atom stereocenters. The van der Waals surface area contributed by atoms with Gasteiger partial charge in [-0.1, -0.05) is 0 Å². The lowest BCUT2D eigenvalue weighted by Crippen LogP contribution is -2.61. The van der Waals surface area contributed by atoms with E-state index in [1.54, 1.807) is 4.90 Å². The zero-order chi connectivity index (χ0) is 13.9. The van der Waals surface area contributed by atoms with Gasteiger partial charge in [0.2, 0.25) is 5.91 Å². The van der Waals surface area contributed by atoms with Gasteiger partial charge in [0.05, 0.1) is 13.2 Å². The lowest BCUT2D eigenvalue weighted by atomic mass is 10.2. The van der Waals surface area contributed by atoms with E-state index in [0.717, 1.165) is 25.9 Å². The molecule has 20 heavy (non-hydrogen) atoms. The number of ether oxygens (including phenoxy) is 1. The molecule has 3 rings (SSSR count). The Balaban J connectivity index is 1.63. The van der Waals surface area contributed by atoms with Crippen LogP contribution in [0, 0.1) is 0 Å². The van der Waals surface area contributed by atoms with Crippen LogP contribution in [0.1, 0.15) is 12.8 Å². The predicted molar refractivity (Wildman–Crippen MR) is 72.3 cm³/mol. The summed E-state index contributed by atoms with van der Waals surface area (Å²) in [5.74, 6) is -0.0734. The van der Waals surface area contributed by atoms with E-state index in [2.05, 4.69) is 10.6 Å². The Morgan fingerprint density at radius 3 is 2.60 bits per heavy atom. The number of carbonyl (C=O) groups is 2. The van der Waals surface area contributed by atoms with Crippen LogP contribution in [-0.4, -0.2) is 79.8 Å². The van der Waals surface area contributed by atoms with Gasteiger partial charge in [-0.05, 0) is 12.8 Å². The summed E-state index contributed by atoms with van der Waals surface area (Å²) in [7, 11) is 0. The molecular weight excluding hydrogens is 260 g/mol. The van der Waals surface area contributed by atoms with Crippen molar-refractivity contribution in [1.82, 2.24) is 20.4 Å². The van der Waals surface area contributed by atoms with Crippen molar-refractivity contribution in [2.24, 2.45) is 0 Å². The van der Waals surface area contributed by atoms with Gasteiger partial charge in [-0.3, -0.25) is 4.79 Å². The molecule has 2 aliphatic heterocycles. The Labute approximate surface area is 118 Å². The molecule has 7 nitrogen and oxygen atoms in total. The van der Waals surface area contributed by atoms with Gasteiger partial charge in [-0.2, -0.15) is 0 Å². The summed E-state index contributed by atoms with van der Waals surface area (Å²) >= 11 is 0. The molecule has 0 aromatic carbocycles. The molecule has 2 N–H and O–H groups in total. The first-order valence-corrected chi connectivity index (χ1v) is 7.40. The molecule has 3 amide bonds. The molecule has 1 saturated carbocycles. The van der Waals surface area contributed by atoms with Gasteiger partial charge in [0, 0.05) is 38.8 Å². The summed E-state index contributed by atoms with van der Waals surface area (Å²) in [6.45, 7) is 4.33. The number of urea groups is 1. The highest BCUT2D eigenvalue weighted by Gasteiger charge is 2.37. The quantitative estimate of drug-likeness (QED) is 0.681. The fourth-order valence-corrected chi connectivity index (χ4v) is 2.61. The highest BCUT2D eigenvalue weighted by atomic mass is 16.5. The van der Waals surface area contributed by atoms with Crippen molar-refractivity contribution in [3.05, 3.63) is 0 Å². The van der Waals surface area contributed by atoms with Crippen LogP contribution in [-0.2, 0) is 9.53 Å². The second kappa shape index (κ2) is 5.97. The monoisotopic (exact) mass is 282 g/mol. The van der Waals surface area contributed by atoms with Crippen molar-refractivity contribution in [3.63, 3.8) is 0 Å². The van der Waals surface area contributed by atoms with E-state index in [4.69, 9.17) is 4.74 Å². The third-order valence-electron chi connectivity index (χ3n) is 3.99. The predicted octanol–water partition coefficient (Wildman–Crippen LogP) is -1.01. The molecule has 2 saturated heterocycles. The van der Waals surface area contributed by atoms with Crippen LogP contribution in [0.4, 0.5) is 4.79 Å². The standard InChI is InChI=1S/C13H22N4O3/c18-12(15-10-1-2-10)11-9-20-8-7-17(11)13(19)16-5-3-14-4-6-16/h10-11,14H,1-9H2,(H,15,18). The molecular formula is C13H22N4O3. The third-order valence-corrected chi connectivity index (χ3v) is 3.99. The van der Waals surface area contributed by atoms with E-state index in [1.165, 1.54) is 0 Å². The normalized spacial score (nSPS) is 27.3. The van der Waals surface area contributed by atoms with Gasteiger partial charge < -0.3 is 25.2 Å². The minimum Gasteiger partial charge on any atom is -0.377 e. The number of nitrogens with zero attached hydrogens (tertiary/aromatic N) is 2. The van der Waals surface area contributed by atoms with Crippen LogP contribution in [0.15, 0.2) is 0 Å². The number of carbonyl (C=O) groups excluding carboxylic acids is 2. The van der Waals surface area contributed by atoms with Crippen molar-refractivity contribution < 1.29 is 14.3 Å². The lowest BCUT2D eigenvalue weighted by Gasteiger charge is -2.39. The summed E-state index contributed by atoms with van der Waals surface area (Å²) in [5, 5.41) is 6.19. The van der Waals surface area contributed by atoms with Crippen LogP contribution in [0.2, 0.25) is 0 Å². The van der Waals surface area contributed by atoms with Crippen LogP contribution in [0.25, 0.3) is 0 Å². The lowest BCUT2D eigenvalue weighted by molar-refractivity contribution is -0.130. The van der Waals surface area contributed by atoms with Gasteiger partial charge >= 0.3 is 6.03 Å². The summed E-state index contributed by atoms with van der Waals surface area (Å²) < 4.78 is 5.39. The summed E-state index contributed by atoms with van der Waals surface area (Å²) in [5.41, 5.74) is 0. The van der Waals surface area contributed by atoms with Crippen molar-refractivity contribution >= 4 is 11.9 Å². The third kappa shape index (κ3) is 3.04. The highest BCUT2D eigenvalue weighted by Crippen LogP contribution is 2.20. The second-order valence-electron chi connectivity index (χ2n) is 5.59. The van der Waals surface area contributed by atoms with E-state index in [-0.39, 0.29) is 11.9 Å². The number of hydrogen-bond donors (Lipinski definition) is 2. The van der Waals surface area contributed by atoms with Crippen LogP contribution >= 0.6 is 0 Å². The second-order valence-corrected chi connectivity index (χ2v) is 5.59. The van der Waals surface area contributed by atoms with E-state index in [9.17, 15) is 9.59 Å². The fourth-order valence-electron chi connectivity index (χ4n) is 2.61. The molecule has 0 spiro atoms. The molecule has 7 heteroatoms. The average Bonchev–Trinajstić information content (AvgIpc) is 3.31. The number of morpholine rings is 1. The van der Waals surface area contributed by atoms with Gasteiger partial charge in [-0.25, -0.2) is 4.79 Å². The van der Waals surface area contributed by atoms with Crippen LogP contribution in [0.5, 0.6) is 0 Å². The maximum atomic E-state index is 12.6. The highest BCUT2D eigenvalue weighted by molar-refractivity contribution is 5.87. The SMILES string of the molecule is O=C(NC1CC1)C1COCCN1C(=O)N1CCNCC1. The number of nitrogens with one attached hydrogen (secondary N) is 2. The topological polar surface area (TPSA) is 73.9 Å². The van der Waals surface area contributed by atoms with Crippen molar-refractivity contribution in [2.45, 2.75) is 24.9 Å². The van der Waals surface area contributed by atoms with Gasteiger partial charge in [-0.15, -0.1) is 0 Å². The summed E-state index contributed by atoms with van der Waals surface area (Å²) in [4.78, 5) is 28.3. The first-order chi connectivity index (χ1) is 9.75. The smallest absolute Gasteiger partial charge is 0.320 e. The molecule has 0 radical (unpaired) electrons. The number of amides is 3. The fraction of sp³-hybridized carbons (Fsp3) is 0.846. The molecule has 0 bridgehead atoms. The first-order valence-electron chi connectivity index (χ1n) is 7.40. The van der Waals surface area contributed by atoms with E-state index in [1.807, 2.05) is 4.90 Å². The van der Waals surface area contributed by atoms with Crippen molar-refractivity contribution in [1.29, 1.82) is 0 Å². The minimum absolute atomic E-state index is 0.0363. The van der Waals surface area contributed by atoms with E-state index >= 15 is 0 Å². The Morgan fingerprint density at radius 1 is 1.15 bits per heavy atom. The largest absolute Gasteiger partial charge is 0.377 e. The molecule has 3 aliphatic rings. The average molecular weight is 282 g/mol. The molecule has 0 aromatic rings. The zero-order valence-electron chi connectivity index (χ0n) is 11.6. The molecule has 3 fully saturated rings. The van der Waals surface area contributed by atoms with Gasteiger partial charge in [0.25, 0.3) is 0 Å². The summed E-state index contributed by atoms with van der Waals surface area (Å²) in [6, 6.07) is -0.210. The molecule has 2 heterocycles. The maximum Gasteiger partial charge on any atom is 0.320 e. The minimum atomic E-state index is -0.480. The number of piperazine rings is 1. The Morgan fingerprint density at radius 2 is 1.90 bits per heavy atom. The number of hydrogen-bond acceptors (Lipinski definition) is 4.